The van der Waals surface area contributed by atoms with Gasteiger partial charge in [-0.05, 0) is 23.3 Å². The van der Waals surface area contributed by atoms with Crippen LogP contribution in [0.4, 0.5) is 4.79 Å². The van der Waals surface area contributed by atoms with E-state index < -0.39 is 0 Å². The topological polar surface area (TPSA) is 49.9 Å². The van der Waals surface area contributed by atoms with Crippen molar-refractivity contribution in [2.24, 2.45) is 0 Å². The number of urea groups is 1. The molecule has 4 rings (SSSR count). The molecule has 5 nitrogen and oxygen atoms in total. The number of hydrogen-bond acceptors (Lipinski definition) is 4. The third kappa shape index (κ3) is 2.76. The summed E-state index contributed by atoms with van der Waals surface area (Å²) < 4.78 is 5.15. The molecule has 1 unspecified atom stereocenters. The number of thioether (sulfide) groups is 1. The average molecular weight is 354 g/mol. The lowest BCUT2D eigenvalue weighted by Gasteiger charge is -2.23. The summed E-state index contributed by atoms with van der Waals surface area (Å²) in [5.74, 6) is 1.29. The standard InChI is InChI=1S/C19H18N2O3S/c1-24-15-9-7-13(8-10-15)11-20-17(22)16-12-25-18(21(16)19(20)23)14-5-3-2-4-6-14/h2-10,16,18H,11-12H2,1H3/t16-,18?/m0/s1. The van der Waals surface area contributed by atoms with Crippen LogP contribution >= 0.6 is 11.8 Å². The first-order chi connectivity index (χ1) is 12.2. The number of carbonyl (C=O) groups is 2. The molecule has 0 radical (unpaired) electrons. The van der Waals surface area contributed by atoms with Gasteiger partial charge in [-0.15, -0.1) is 11.8 Å². The lowest BCUT2D eigenvalue weighted by Crippen LogP contribution is -2.33. The highest BCUT2D eigenvalue weighted by Crippen LogP contribution is 2.45. The number of ether oxygens (including phenoxy) is 1. The first kappa shape index (κ1) is 16.0. The van der Waals surface area contributed by atoms with Gasteiger partial charge in [0.2, 0.25) is 0 Å². The molecule has 2 heterocycles. The van der Waals surface area contributed by atoms with E-state index in [1.165, 1.54) is 4.90 Å². The molecule has 2 aliphatic rings. The molecule has 2 aromatic rings. The zero-order chi connectivity index (χ0) is 17.4. The van der Waals surface area contributed by atoms with Gasteiger partial charge in [0.05, 0.1) is 13.7 Å². The van der Waals surface area contributed by atoms with Crippen molar-refractivity contribution in [3.8, 4) is 5.75 Å². The summed E-state index contributed by atoms with van der Waals surface area (Å²) in [4.78, 5) is 28.7. The van der Waals surface area contributed by atoms with Crippen LogP contribution in [0, 0.1) is 0 Å². The van der Waals surface area contributed by atoms with Crippen LogP contribution in [-0.2, 0) is 11.3 Å². The van der Waals surface area contributed by atoms with E-state index in [0.29, 0.717) is 12.3 Å². The molecule has 0 aromatic heterocycles. The number of nitrogens with zero attached hydrogens (tertiary/aromatic N) is 2. The summed E-state index contributed by atoms with van der Waals surface area (Å²) >= 11 is 1.65. The first-order valence-corrected chi connectivity index (χ1v) is 9.17. The highest BCUT2D eigenvalue weighted by molar-refractivity contribution is 7.99. The minimum absolute atomic E-state index is 0.0940. The van der Waals surface area contributed by atoms with E-state index in [4.69, 9.17) is 4.74 Å². The first-order valence-electron chi connectivity index (χ1n) is 8.12. The summed E-state index contributed by atoms with van der Waals surface area (Å²) in [5.41, 5.74) is 1.97. The molecule has 2 atom stereocenters. The maximum Gasteiger partial charge on any atom is 0.328 e. The van der Waals surface area contributed by atoms with E-state index >= 15 is 0 Å². The Kier molecular flexibility index (Phi) is 4.13. The Morgan fingerprint density at radius 3 is 2.48 bits per heavy atom. The smallest absolute Gasteiger partial charge is 0.328 e. The van der Waals surface area contributed by atoms with Gasteiger partial charge in [0.25, 0.3) is 5.91 Å². The maximum atomic E-state index is 12.9. The van der Waals surface area contributed by atoms with Gasteiger partial charge in [-0.1, -0.05) is 42.5 Å². The van der Waals surface area contributed by atoms with E-state index in [1.807, 2.05) is 54.6 Å². The highest BCUT2D eigenvalue weighted by atomic mass is 32.2. The molecule has 2 aliphatic heterocycles. The Balaban J connectivity index is 1.56. The third-order valence-electron chi connectivity index (χ3n) is 4.59. The predicted octanol–water partition coefficient (Wildman–Crippen LogP) is 3.27. The van der Waals surface area contributed by atoms with Crippen molar-refractivity contribution in [1.82, 2.24) is 9.80 Å². The van der Waals surface area contributed by atoms with Gasteiger partial charge in [-0.3, -0.25) is 14.6 Å². The molecule has 3 amide bonds. The van der Waals surface area contributed by atoms with E-state index in [9.17, 15) is 9.59 Å². The summed E-state index contributed by atoms with van der Waals surface area (Å²) in [6.07, 6.45) is 0. The van der Waals surface area contributed by atoms with Crippen molar-refractivity contribution < 1.29 is 14.3 Å². The predicted molar refractivity (Wildman–Crippen MR) is 96.2 cm³/mol. The number of benzene rings is 2. The number of fused-ring (bicyclic) bond motifs is 1. The van der Waals surface area contributed by atoms with Crippen LogP contribution in [0.1, 0.15) is 16.5 Å². The Hall–Kier alpha value is -2.47. The normalized spacial score (nSPS) is 22.4. The monoisotopic (exact) mass is 354 g/mol. The Morgan fingerprint density at radius 2 is 1.80 bits per heavy atom. The highest BCUT2D eigenvalue weighted by Gasteiger charge is 2.52. The molecule has 6 heteroatoms. The van der Waals surface area contributed by atoms with Crippen LogP contribution in [0.5, 0.6) is 5.75 Å². The average Bonchev–Trinajstić information content (AvgIpc) is 3.19. The Bertz CT molecular complexity index is 794. The van der Waals surface area contributed by atoms with E-state index in [0.717, 1.165) is 16.9 Å². The summed E-state index contributed by atoms with van der Waals surface area (Å²) in [6.45, 7) is 0.292. The van der Waals surface area contributed by atoms with Crippen molar-refractivity contribution >= 4 is 23.7 Å². The van der Waals surface area contributed by atoms with Crippen LogP contribution in [0.25, 0.3) is 0 Å². The Labute approximate surface area is 150 Å². The van der Waals surface area contributed by atoms with Gasteiger partial charge in [-0.25, -0.2) is 4.79 Å². The summed E-state index contributed by atoms with van der Waals surface area (Å²) in [7, 11) is 1.61. The van der Waals surface area contributed by atoms with Crippen LogP contribution in [0.3, 0.4) is 0 Å². The van der Waals surface area contributed by atoms with Crippen LogP contribution in [0.2, 0.25) is 0 Å². The Morgan fingerprint density at radius 1 is 1.08 bits per heavy atom. The van der Waals surface area contributed by atoms with Gasteiger partial charge in [0, 0.05) is 5.75 Å². The molecular formula is C19H18N2O3S. The fourth-order valence-electron chi connectivity index (χ4n) is 3.28. The minimum atomic E-state index is -0.360. The molecule has 0 saturated carbocycles. The third-order valence-corrected chi connectivity index (χ3v) is 5.91. The zero-order valence-corrected chi connectivity index (χ0v) is 14.6. The molecule has 0 N–H and O–H groups in total. The van der Waals surface area contributed by atoms with Crippen LogP contribution in [-0.4, -0.2) is 40.6 Å². The van der Waals surface area contributed by atoms with Gasteiger partial charge >= 0.3 is 6.03 Å². The lowest BCUT2D eigenvalue weighted by molar-refractivity contribution is -0.128. The van der Waals surface area contributed by atoms with Crippen molar-refractivity contribution in [2.45, 2.75) is 18.0 Å². The molecule has 0 aliphatic carbocycles. The number of imide groups is 1. The van der Waals surface area contributed by atoms with Crippen LogP contribution in [0.15, 0.2) is 54.6 Å². The maximum absolute atomic E-state index is 12.9. The van der Waals surface area contributed by atoms with E-state index in [-0.39, 0.29) is 23.4 Å². The second-order valence-corrected chi connectivity index (χ2v) is 7.19. The van der Waals surface area contributed by atoms with Gasteiger partial charge in [0.1, 0.15) is 17.2 Å². The van der Waals surface area contributed by atoms with Gasteiger partial charge < -0.3 is 4.74 Å². The molecule has 2 fully saturated rings. The second-order valence-electron chi connectivity index (χ2n) is 6.07. The molecule has 128 valence electrons. The van der Waals surface area contributed by atoms with Crippen molar-refractivity contribution in [3.05, 3.63) is 65.7 Å². The molecule has 25 heavy (non-hydrogen) atoms. The fourth-order valence-corrected chi connectivity index (χ4v) is 4.69. The zero-order valence-electron chi connectivity index (χ0n) is 13.8. The molecule has 0 spiro atoms. The van der Waals surface area contributed by atoms with Gasteiger partial charge in [-0.2, -0.15) is 0 Å². The number of rotatable bonds is 4. The largest absolute Gasteiger partial charge is 0.497 e. The minimum Gasteiger partial charge on any atom is -0.497 e. The number of amides is 3. The fraction of sp³-hybridized carbons (Fsp3) is 0.263. The quantitative estimate of drug-likeness (QED) is 0.791. The number of methoxy groups -OCH3 is 1. The van der Waals surface area contributed by atoms with Crippen molar-refractivity contribution in [3.63, 3.8) is 0 Å². The number of carbonyl (C=O) groups excluding carboxylic acids is 2. The molecule has 2 saturated heterocycles. The van der Waals surface area contributed by atoms with E-state index in [1.54, 1.807) is 23.8 Å². The molecular weight excluding hydrogens is 336 g/mol. The summed E-state index contributed by atoms with van der Waals surface area (Å²) in [6, 6.07) is 16.8. The lowest BCUT2D eigenvalue weighted by atomic mass is 10.2. The molecule has 0 bridgehead atoms. The van der Waals surface area contributed by atoms with Crippen molar-refractivity contribution in [1.29, 1.82) is 0 Å². The molecule has 2 aromatic carbocycles. The van der Waals surface area contributed by atoms with Gasteiger partial charge in [0.15, 0.2) is 0 Å². The van der Waals surface area contributed by atoms with Crippen molar-refractivity contribution in [2.75, 3.05) is 12.9 Å². The second kappa shape index (κ2) is 6.44. The van der Waals surface area contributed by atoms with Crippen LogP contribution < -0.4 is 4.74 Å². The SMILES string of the molecule is COc1ccc(CN2C(=O)[C@@H]3CSC(c4ccccc4)N3C2=O)cc1. The number of hydrogen-bond donors (Lipinski definition) is 0. The van der Waals surface area contributed by atoms with E-state index in [2.05, 4.69) is 0 Å². The summed E-state index contributed by atoms with van der Waals surface area (Å²) in [5, 5.41) is -0.0940.